The minimum Gasteiger partial charge on any atom is -0.492 e. The predicted molar refractivity (Wildman–Crippen MR) is 117 cm³/mol. The average molecular weight is 453 g/mol. The molecule has 2 aromatic carbocycles. The number of nitro groups is 1. The van der Waals surface area contributed by atoms with Gasteiger partial charge in [-0.2, -0.15) is 0 Å². The highest BCUT2D eigenvalue weighted by Gasteiger charge is 2.21. The Balaban J connectivity index is 1.40. The highest BCUT2D eigenvalue weighted by Crippen LogP contribution is 2.27. The summed E-state index contributed by atoms with van der Waals surface area (Å²) >= 11 is 11.8. The van der Waals surface area contributed by atoms with Crippen LogP contribution >= 0.6 is 23.2 Å². The predicted octanol–water partition coefficient (Wildman–Crippen LogP) is 3.54. The number of nitrogens with zero attached hydrogens (tertiary/aromatic N) is 3. The van der Waals surface area contributed by atoms with Crippen LogP contribution in [0.3, 0.4) is 0 Å². The molecule has 1 aliphatic rings. The summed E-state index contributed by atoms with van der Waals surface area (Å²) in [6, 6.07) is 11.3. The zero-order valence-electron chi connectivity index (χ0n) is 16.2. The minimum atomic E-state index is -0.545. The van der Waals surface area contributed by atoms with E-state index in [0.717, 1.165) is 38.5 Å². The van der Waals surface area contributed by atoms with Crippen LogP contribution in [-0.2, 0) is 4.79 Å². The zero-order valence-corrected chi connectivity index (χ0v) is 17.7. The number of anilines is 1. The lowest BCUT2D eigenvalue weighted by molar-refractivity contribution is -0.383. The number of carbonyl (C=O) groups excluding carboxylic acids is 1. The van der Waals surface area contributed by atoms with E-state index in [-0.39, 0.29) is 23.8 Å². The van der Waals surface area contributed by atoms with Crippen molar-refractivity contribution in [1.29, 1.82) is 0 Å². The van der Waals surface area contributed by atoms with Gasteiger partial charge in [-0.3, -0.25) is 24.7 Å². The first-order valence-corrected chi connectivity index (χ1v) is 10.2. The van der Waals surface area contributed by atoms with Crippen LogP contribution in [0.2, 0.25) is 10.0 Å². The Morgan fingerprint density at radius 2 is 1.67 bits per heavy atom. The Morgan fingerprint density at radius 3 is 2.33 bits per heavy atom. The van der Waals surface area contributed by atoms with Gasteiger partial charge in [0, 0.05) is 48.8 Å². The number of benzene rings is 2. The van der Waals surface area contributed by atoms with Crippen LogP contribution in [0.1, 0.15) is 0 Å². The molecule has 0 atom stereocenters. The molecule has 1 aliphatic heterocycles. The molecule has 1 amide bonds. The van der Waals surface area contributed by atoms with Gasteiger partial charge >= 0.3 is 0 Å². The second-order valence-corrected chi connectivity index (χ2v) is 7.76. The van der Waals surface area contributed by atoms with Gasteiger partial charge in [0.05, 0.1) is 11.5 Å². The molecule has 0 saturated carbocycles. The van der Waals surface area contributed by atoms with Crippen molar-refractivity contribution >= 4 is 40.5 Å². The number of rotatable bonds is 8. The normalized spacial score (nSPS) is 15.0. The van der Waals surface area contributed by atoms with E-state index in [4.69, 9.17) is 27.9 Å². The molecule has 0 radical (unpaired) electrons. The summed E-state index contributed by atoms with van der Waals surface area (Å²) in [7, 11) is 0. The highest BCUT2D eigenvalue weighted by atomic mass is 35.5. The maximum Gasteiger partial charge on any atom is 0.292 e. The first-order chi connectivity index (χ1) is 14.4. The third-order valence-corrected chi connectivity index (χ3v) is 5.24. The van der Waals surface area contributed by atoms with Crippen molar-refractivity contribution in [2.45, 2.75) is 0 Å². The van der Waals surface area contributed by atoms with Gasteiger partial charge in [0.15, 0.2) is 0 Å². The third kappa shape index (κ3) is 6.56. The molecule has 30 heavy (non-hydrogen) atoms. The number of halogens is 2. The first kappa shape index (κ1) is 22.3. The molecule has 1 fully saturated rings. The summed E-state index contributed by atoms with van der Waals surface area (Å²) < 4.78 is 5.72. The maximum atomic E-state index is 12.3. The lowest BCUT2D eigenvalue weighted by Crippen LogP contribution is -2.49. The Labute approximate surface area is 184 Å². The van der Waals surface area contributed by atoms with E-state index in [0.29, 0.717) is 16.7 Å². The monoisotopic (exact) mass is 452 g/mol. The molecule has 160 valence electrons. The number of hydrogen-bond donors (Lipinski definition) is 1. The van der Waals surface area contributed by atoms with Crippen LogP contribution in [0.5, 0.6) is 5.75 Å². The smallest absolute Gasteiger partial charge is 0.292 e. The van der Waals surface area contributed by atoms with Gasteiger partial charge in [0.25, 0.3) is 5.69 Å². The van der Waals surface area contributed by atoms with E-state index in [1.54, 1.807) is 12.1 Å². The summed E-state index contributed by atoms with van der Waals surface area (Å²) in [6.45, 7) is 4.61. The average Bonchev–Trinajstić information content (AvgIpc) is 2.70. The summed E-state index contributed by atoms with van der Waals surface area (Å²) in [5.41, 5.74) is -0.0752. The van der Waals surface area contributed by atoms with E-state index in [9.17, 15) is 14.9 Å². The highest BCUT2D eigenvalue weighted by molar-refractivity contribution is 6.31. The van der Waals surface area contributed by atoms with Crippen LogP contribution in [-0.4, -0.2) is 66.5 Å². The van der Waals surface area contributed by atoms with Crippen molar-refractivity contribution in [3.8, 4) is 5.75 Å². The number of nitro benzene ring substituents is 1. The second kappa shape index (κ2) is 10.6. The minimum absolute atomic E-state index is 0.107. The number of nitrogens with one attached hydrogen (secondary N) is 1. The maximum absolute atomic E-state index is 12.3. The SMILES string of the molecule is O=C(CN1CCN(CCOc2ccc(Cl)cc2)CC1)Nc1cc(Cl)ccc1[N+](=O)[O-]. The van der Waals surface area contributed by atoms with E-state index in [1.807, 2.05) is 17.0 Å². The van der Waals surface area contributed by atoms with Gasteiger partial charge in [-0.05, 0) is 36.4 Å². The lowest BCUT2D eigenvalue weighted by atomic mass is 10.2. The fraction of sp³-hybridized carbons (Fsp3) is 0.350. The van der Waals surface area contributed by atoms with E-state index < -0.39 is 4.92 Å². The van der Waals surface area contributed by atoms with Crippen LogP contribution < -0.4 is 10.1 Å². The molecule has 0 aliphatic carbocycles. The number of piperazine rings is 1. The largest absolute Gasteiger partial charge is 0.492 e. The Hall–Kier alpha value is -2.39. The number of ether oxygens (including phenoxy) is 1. The van der Waals surface area contributed by atoms with Crippen molar-refractivity contribution < 1.29 is 14.5 Å². The van der Waals surface area contributed by atoms with E-state index in [1.165, 1.54) is 18.2 Å². The van der Waals surface area contributed by atoms with Crippen molar-refractivity contribution in [3.63, 3.8) is 0 Å². The van der Waals surface area contributed by atoms with Crippen LogP contribution in [0.4, 0.5) is 11.4 Å². The number of hydrogen-bond acceptors (Lipinski definition) is 6. The Bertz CT molecular complexity index is 887. The van der Waals surface area contributed by atoms with Gasteiger partial charge in [-0.1, -0.05) is 23.2 Å². The van der Waals surface area contributed by atoms with Crippen LogP contribution in [0, 0.1) is 10.1 Å². The first-order valence-electron chi connectivity index (χ1n) is 9.47. The fourth-order valence-corrected chi connectivity index (χ4v) is 3.45. The standard InChI is InChI=1S/C20H22Cl2N4O4/c21-15-1-4-17(5-2-15)30-12-11-24-7-9-25(10-8-24)14-20(27)23-18-13-16(22)3-6-19(18)26(28)29/h1-6,13H,7-12,14H2,(H,23,27). The molecule has 1 N–H and O–H groups in total. The second-order valence-electron chi connectivity index (χ2n) is 6.89. The molecule has 1 saturated heterocycles. The van der Waals surface area contributed by atoms with Gasteiger partial charge < -0.3 is 10.1 Å². The Kier molecular flexibility index (Phi) is 7.87. The van der Waals surface area contributed by atoms with Crippen molar-refractivity contribution in [2.24, 2.45) is 0 Å². The molecule has 0 spiro atoms. The summed E-state index contributed by atoms with van der Waals surface area (Å²) in [6.07, 6.45) is 0. The van der Waals surface area contributed by atoms with Crippen LogP contribution in [0.25, 0.3) is 0 Å². The van der Waals surface area contributed by atoms with Gasteiger partial charge in [-0.15, -0.1) is 0 Å². The molecular weight excluding hydrogens is 431 g/mol. The molecule has 2 aromatic rings. The van der Waals surface area contributed by atoms with Gasteiger partial charge in [0.2, 0.25) is 5.91 Å². The lowest BCUT2D eigenvalue weighted by Gasteiger charge is -2.34. The van der Waals surface area contributed by atoms with E-state index in [2.05, 4.69) is 10.2 Å². The summed E-state index contributed by atoms with van der Waals surface area (Å²) in [5, 5.41) is 14.7. The quantitative estimate of drug-likeness (QED) is 0.486. The fourth-order valence-electron chi connectivity index (χ4n) is 3.15. The van der Waals surface area contributed by atoms with Crippen molar-refractivity contribution in [3.05, 3.63) is 62.6 Å². The number of amides is 1. The molecule has 8 nitrogen and oxygen atoms in total. The molecule has 10 heteroatoms. The topological polar surface area (TPSA) is 88.0 Å². The summed E-state index contributed by atoms with van der Waals surface area (Å²) in [5.74, 6) is 0.477. The summed E-state index contributed by atoms with van der Waals surface area (Å²) in [4.78, 5) is 27.2. The Morgan fingerprint density at radius 1 is 1.03 bits per heavy atom. The van der Waals surface area contributed by atoms with Gasteiger partial charge in [-0.25, -0.2) is 0 Å². The zero-order chi connectivity index (χ0) is 21.5. The van der Waals surface area contributed by atoms with Crippen LogP contribution in [0.15, 0.2) is 42.5 Å². The molecule has 0 aromatic heterocycles. The van der Waals surface area contributed by atoms with Crippen molar-refractivity contribution in [1.82, 2.24) is 9.80 Å². The van der Waals surface area contributed by atoms with Gasteiger partial charge in [0.1, 0.15) is 18.0 Å². The van der Waals surface area contributed by atoms with E-state index >= 15 is 0 Å². The molecule has 0 bridgehead atoms. The molecule has 1 heterocycles. The molecule has 0 unspecified atom stereocenters. The molecular formula is C20H22Cl2N4O4. The molecule has 3 rings (SSSR count). The third-order valence-electron chi connectivity index (χ3n) is 4.75. The van der Waals surface area contributed by atoms with Crippen molar-refractivity contribution in [2.75, 3.05) is 51.2 Å². The number of carbonyl (C=O) groups is 1.